The summed E-state index contributed by atoms with van der Waals surface area (Å²) < 4.78 is 27.2. The van der Waals surface area contributed by atoms with Gasteiger partial charge in [0.05, 0.1) is 5.02 Å². The zero-order chi connectivity index (χ0) is 15.3. The third kappa shape index (κ3) is 4.52. The average Bonchev–Trinajstić information content (AvgIpc) is 2.94. The van der Waals surface area contributed by atoms with E-state index in [0.29, 0.717) is 19.5 Å². The molecule has 0 spiro atoms. The SMILES string of the molecule is CNCc1ccc(Cl)c(S(=O)(=O)NCCc2ccsc2)c1. The Bertz CT molecular complexity index is 685. The quantitative estimate of drug-likeness (QED) is 0.811. The summed E-state index contributed by atoms with van der Waals surface area (Å²) in [5.74, 6) is 0. The van der Waals surface area contributed by atoms with E-state index in [0.717, 1.165) is 11.1 Å². The largest absolute Gasteiger partial charge is 0.316 e. The van der Waals surface area contributed by atoms with Crippen LogP contribution in [0.25, 0.3) is 0 Å². The first-order valence-electron chi connectivity index (χ1n) is 6.46. The van der Waals surface area contributed by atoms with Crippen molar-refractivity contribution in [3.05, 3.63) is 51.2 Å². The Kier molecular flexibility index (Phi) is 5.78. The van der Waals surface area contributed by atoms with Gasteiger partial charge in [0.1, 0.15) is 4.90 Å². The Hall–Kier alpha value is -0.920. The molecule has 21 heavy (non-hydrogen) atoms. The van der Waals surface area contributed by atoms with Crippen LogP contribution < -0.4 is 10.0 Å². The molecular weight excluding hydrogens is 328 g/mol. The van der Waals surface area contributed by atoms with Crippen molar-refractivity contribution in [3.63, 3.8) is 0 Å². The summed E-state index contributed by atoms with van der Waals surface area (Å²) in [6, 6.07) is 7.01. The number of sulfonamides is 1. The van der Waals surface area contributed by atoms with Gasteiger partial charge >= 0.3 is 0 Å². The van der Waals surface area contributed by atoms with Crippen LogP contribution in [-0.2, 0) is 23.0 Å². The molecule has 0 aliphatic rings. The second-order valence-electron chi connectivity index (χ2n) is 4.57. The van der Waals surface area contributed by atoms with Crippen molar-refractivity contribution in [2.75, 3.05) is 13.6 Å². The Morgan fingerprint density at radius 2 is 2.05 bits per heavy atom. The molecule has 0 aliphatic carbocycles. The molecule has 2 rings (SSSR count). The van der Waals surface area contributed by atoms with Crippen LogP contribution in [0.15, 0.2) is 39.9 Å². The molecule has 1 aromatic heterocycles. The van der Waals surface area contributed by atoms with Crippen LogP contribution in [0.5, 0.6) is 0 Å². The summed E-state index contributed by atoms with van der Waals surface area (Å²) in [6.07, 6.45) is 0.663. The molecule has 1 aromatic carbocycles. The van der Waals surface area contributed by atoms with Crippen molar-refractivity contribution in [1.29, 1.82) is 0 Å². The predicted molar refractivity (Wildman–Crippen MR) is 87.4 cm³/mol. The minimum Gasteiger partial charge on any atom is -0.316 e. The van der Waals surface area contributed by atoms with Gasteiger partial charge in [0.15, 0.2) is 0 Å². The van der Waals surface area contributed by atoms with Crippen molar-refractivity contribution in [1.82, 2.24) is 10.0 Å². The first-order valence-corrected chi connectivity index (χ1v) is 9.27. The fraction of sp³-hybridized carbons (Fsp3) is 0.286. The van der Waals surface area contributed by atoms with Gasteiger partial charge in [-0.2, -0.15) is 11.3 Å². The molecule has 0 saturated carbocycles. The molecule has 0 saturated heterocycles. The number of rotatable bonds is 7. The van der Waals surface area contributed by atoms with Gasteiger partial charge in [-0.25, -0.2) is 13.1 Å². The molecule has 2 aromatic rings. The Morgan fingerprint density at radius 1 is 1.24 bits per heavy atom. The highest BCUT2D eigenvalue weighted by atomic mass is 35.5. The number of nitrogens with one attached hydrogen (secondary N) is 2. The van der Waals surface area contributed by atoms with Crippen LogP contribution >= 0.6 is 22.9 Å². The number of benzene rings is 1. The molecule has 0 fully saturated rings. The molecule has 0 atom stereocenters. The Balaban J connectivity index is 2.09. The minimum atomic E-state index is -3.59. The summed E-state index contributed by atoms with van der Waals surface area (Å²) in [7, 11) is -1.78. The van der Waals surface area contributed by atoms with Crippen molar-refractivity contribution in [3.8, 4) is 0 Å². The van der Waals surface area contributed by atoms with Crippen molar-refractivity contribution in [2.24, 2.45) is 0 Å². The van der Waals surface area contributed by atoms with E-state index < -0.39 is 10.0 Å². The predicted octanol–water partition coefficient (Wildman–Crippen LogP) is 2.64. The third-order valence-corrected chi connectivity index (χ3v) is 5.63. The first-order chi connectivity index (χ1) is 10.0. The molecule has 0 bridgehead atoms. The summed E-state index contributed by atoms with van der Waals surface area (Å²) in [5.41, 5.74) is 2.00. The second-order valence-corrected chi connectivity index (χ2v) is 7.50. The normalized spacial score (nSPS) is 11.7. The zero-order valence-corrected chi connectivity index (χ0v) is 14.0. The lowest BCUT2D eigenvalue weighted by atomic mass is 10.2. The molecule has 0 aliphatic heterocycles. The highest BCUT2D eigenvalue weighted by Crippen LogP contribution is 2.22. The molecule has 7 heteroatoms. The van der Waals surface area contributed by atoms with Crippen LogP contribution in [0.3, 0.4) is 0 Å². The van der Waals surface area contributed by atoms with Gasteiger partial charge in [0.2, 0.25) is 10.0 Å². The van der Waals surface area contributed by atoms with E-state index in [1.165, 1.54) is 0 Å². The summed E-state index contributed by atoms with van der Waals surface area (Å²) in [6.45, 7) is 0.945. The Morgan fingerprint density at radius 3 is 2.71 bits per heavy atom. The lowest BCUT2D eigenvalue weighted by Gasteiger charge is -2.10. The van der Waals surface area contributed by atoms with Gasteiger partial charge < -0.3 is 5.32 Å². The Labute approximate surface area is 134 Å². The summed E-state index contributed by atoms with van der Waals surface area (Å²) in [5, 5.41) is 7.20. The van der Waals surface area contributed by atoms with E-state index in [9.17, 15) is 8.42 Å². The fourth-order valence-electron chi connectivity index (χ4n) is 1.91. The molecule has 4 nitrogen and oxygen atoms in total. The zero-order valence-electron chi connectivity index (χ0n) is 11.6. The highest BCUT2D eigenvalue weighted by molar-refractivity contribution is 7.89. The monoisotopic (exact) mass is 344 g/mol. The fourth-order valence-corrected chi connectivity index (χ4v) is 4.19. The van der Waals surface area contributed by atoms with Crippen LogP contribution in [0, 0.1) is 0 Å². The molecular formula is C14H17ClN2O2S2. The van der Waals surface area contributed by atoms with Gasteiger partial charge in [-0.1, -0.05) is 17.7 Å². The third-order valence-electron chi connectivity index (χ3n) is 2.95. The molecule has 0 unspecified atom stereocenters. The highest BCUT2D eigenvalue weighted by Gasteiger charge is 2.18. The van der Waals surface area contributed by atoms with E-state index in [1.807, 2.05) is 29.9 Å². The van der Waals surface area contributed by atoms with Crippen molar-refractivity contribution >= 4 is 33.0 Å². The maximum absolute atomic E-state index is 12.3. The first kappa shape index (κ1) is 16.5. The van der Waals surface area contributed by atoms with Gasteiger partial charge in [-0.05, 0) is 53.6 Å². The molecule has 0 radical (unpaired) electrons. The van der Waals surface area contributed by atoms with E-state index in [1.54, 1.807) is 23.5 Å². The smallest absolute Gasteiger partial charge is 0.242 e. The molecule has 114 valence electrons. The van der Waals surface area contributed by atoms with Gasteiger partial charge in [0, 0.05) is 13.1 Å². The van der Waals surface area contributed by atoms with Crippen molar-refractivity contribution in [2.45, 2.75) is 17.9 Å². The number of thiophene rings is 1. The van der Waals surface area contributed by atoms with Gasteiger partial charge in [-0.3, -0.25) is 0 Å². The number of halogens is 1. The minimum absolute atomic E-state index is 0.127. The van der Waals surface area contributed by atoms with Crippen LogP contribution in [0.4, 0.5) is 0 Å². The second kappa shape index (κ2) is 7.38. The molecule has 0 amide bonds. The van der Waals surface area contributed by atoms with Crippen LogP contribution in [0.2, 0.25) is 5.02 Å². The van der Waals surface area contributed by atoms with Gasteiger partial charge in [0.25, 0.3) is 0 Å². The van der Waals surface area contributed by atoms with E-state index >= 15 is 0 Å². The average molecular weight is 345 g/mol. The number of hydrogen-bond acceptors (Lipinski definition) is 4. The van der Waals surface area contributed by atoms with E-state index in [2.05, 4.69) is 10.0 Å². The topological polar surface area (TPSA) is 58.2 Å². The summed E-state index contributed by atoms with van der Waals surface area (Å²) >= 11 is 7.62. The van der Waals surface area contributed by atoms with Crippen LogP contribution in [-0.4, -0.2) is 22.0 Å². The van der Waals surface area contributed by atoms with E-state index in [-0.39, 0.29) is 9.92 Å². The van der Waals surface area contributed by atoms with Crippen molar-refractivity contribution < 1.29 is 8.42 Å². The maximum atomic E-state index is 12.3. The summed E-state index contributed by atoms with van der Waals surface area (Å²) in [4.78, 5) is 0.127. The van der Waals surface area contributed by atoms with E-state index in [4.69, 9.17) is 11.6 Å². The molecule has 1 heterocycles. The standard InChI is InChI=1S/C14H17ClN2O2S2/c1-16-9-12-2-3-13(15)14(8-12)21(18,19)17-6-4-11-5-7-20-10-11/h2-3,5,7-8,10,16-17H,4,6,9H2,1H3. The number of hydrogen-bond donors (Lipinski definition) is 2. The molecule has 2 N–H and O–H groups in total. The lowest BCUT2D eigenvalue weighted by Crippen LogP contribution is -2.26. The maximum Gasteiger partial charge on any atom is 0.242 e. The van der Waals surface area contributed by atoms with Gasteiger partial charge in [-0.15, -0.1) is 0 Å². The lowest BCUT2D eigenvalue weighted by molar-refractivity contribution is 0.581. The van der Waals surface area contributed by atoms with Crippen LogP contribution in [0.1, 0.15) is 11.1 Å².